The number of carbonyl (C=O) groups is 2. The Kier molecular flexibility index (Phi) is 6.69. The standard InChI is InChI=1S/C20H23FN2O2/c1-2-18(15-6-4-3-5-7-15)20(25)23-13-16(19(22)24)12-14-8-10-17(21)11-9-14/h3-11,16,18H,2,12-13H2,1H3,(H2,22,24)(H,23,25). The molecule has 0 aromatic heterocycles. The summed E-state index contributed by atoms with van der Waals surface area (Å²) < 4.78 is 13.0. The van der Waals surface area contributed by atoms with Crippen molar-refractivity contribution in [3.05, 3.63) is 71.5 Å². The van der Waals surface area contributed by atoms with Crippen LogP contribution in [0.4, 0.5) is 4.39 Å². The SMILES string of the molecule is CCC(C(=O)NCC(Cc1ccc(F)cc1)C(N)=O)c1ccccc1. The second-order valence-corrected chi connectivity index (χ2v) is 6.05. The molecule has 25 heavy (non-hydrogen) atoms. The Hall–Kier alpha value is -2.69. The first-order valence-corrected chi connectivity index (χ1v) is 8.37. The molecule has 0 saturated heterocycles. The lowest BCUT2D eigenvalue weighted by atomic mass is 9.94. The highest BCUT2D eigenvalue weighted by Gasteiger charge is 2.22. The highest BCUT2D eigenvalue weighted by atomic mass is 19.1. The van der Waals surface area contributed by atoms with Crippen molar-refractivity contribution in [2.75, 3.05) is 6.54 Å². The van der Waals surface area contributed by atoms with Crippen LogP contribution in [0.2, 0.25) is 0 Å². The minimum absolute atomic E-state index is 0.126. The molecule has 2 amide bonds. The van der Waals surface area contributed by atoms with Gasteiger partial charge < -0.3 is 11.1 Å². The fraction of sp³-hybridized carbons (Fsp3) is 0.300. The van der Waals surface area contributed by atoms with E-state index in [0.29, 0.717) is 12.8 Å². The van der Waals surface area contributed by atoms with Gasteiger partial charge in [-0.15, -0.1) is 0 Å². The molecule has 0 fully saturated rings. The predicted molar refractivity (Wildman–Crippen MR) is 95.3 cm³/mol. The van der Waals surface area contributed by atoms with Crippen molar-refractivity contribution in [2.45, 2.75) is 25.7 Å². The van der Waals surface area contributed by atoms with E-state index in [1.807, 2.05) is 37.3 Å². The van der Waals surface area contributed by atoms with Crippen LogP contribution in [-0.4, -0.2) is 18.4 Å². The van der Waals surface area contributed by atoms with E-state index in [2.05, 4.69) is 5.32 Å². The van der Waals surface area contributed by atoms with Crippen molar-refractivity contribution in [1.82, 2.24) is 5.32 Å². The van der Waals surface area contributed by atoms with E-state index < -0.39 is 11.8 Å². The van der Waals surface area contributed by atoms with Gasteiger partial charge in [-0.25, -0.2) is 4.39 Å². The maximum atomic E-state index is 13.0. The number of nitrogens with one attached hydrogen (secondary N) is 1. The highest BCUT2D eigenvalue weighted by Crippen LogP contribution is 2.19. The number of halogens is 1. The molecule has 3 N–H and O–H groups in total. The van der Waals surface area contributed by atoms with Gasteiger partial charge in [-0.2, -0.15) is 0 Å². The smallest absolute Gasteiger partial charge is 0.227 e. The normalized spacial score (nSPS) is 13.0. The Balaban J connectivity index is 1.98. The van der Waals surface area contributed by atoms with E-state index >= 15 is 0 Å². The summed E-state index contributed by atoms with van der Waals surface area (Å²) in [6, 6.07) is 15.4. The number of hydrogen-bond donors (Lipinski definition) is 2. The topological polar surface area (TPSA) is 72.2 Å². The van der Waals surface area contributed by atoms with E-state index in [4.69, 9.17) is 5.73 Å². The zero-order chi connectivity index (χ0) is 18.2. The van der Waals surface area contributed by atoms with Gasteiger partial charge in [0.15, 0.2) is 0 Å². The van der Waals surface area contributed by atoms with Crippen LogP contribution in [0.1, 0.15) is 30.4 Å². The van der Waals surface area contributed by atoms with E-state index in [-0.39, 0.29) is 24.2 Å². The van der Waals surface area contributed by atoms with Gasteiger partial charge in [-0.05, 0) is 36.1 Å². The maximum absolute atomic E-state index is 13.0. The van der Waals surface area contributed by atoms with Crippen LogP contribution in [0.5, 0.6) is 0 Å². The largest absolute Gasteiger partial charge is 0.369 e. The van der Waals surface area contributed by atoms with Gasteiger partial charge in [-0.1, -0.05) is 49.4 Å². The van der Waals surface area contributed by atoms with Gasteiger partial charge in [-0.3, -0.25) is 9.59 Å². The first kappa shape index (κ1) is 18.6. The third kappa shape index (κ3) is 5.41. The van der Waals surface area contributed by atoms with Crippen LogP contribution in [0.15, 0.2) is 54.6 Å². The quantitative estimate of drug-likeness (QED) is 0.774. The molecule has 2 aromatic rings. The monoisotopic (exact) mass is 342 g/mol. The summed E-state index contributed by atoms with van der Waals surface area (Å²) in [6.45, 7) is 2.11. The summed E-state index contributed by atoms with van der Waals surface area (Å²) in [4.78, 5) is 24.2. The predicted octanol–water partition coefficient (Wildman–Crippen LogP) is 2.78. The molecule has 132 valence electrons. The number of nitrogens with two attached hydrogens (primary N) is 1. The average molecular weight is 342 g/mol. The van der Waals surface area contributed by atoms with Crippen LogP contribution >= 0.6 is 0 Å². The number of primary amides is 1. The Labute approximate surface area is 147 Å². The molecule has 0 heterocycles. The Morgan fingerprint density at radius 2 is 1.72 bits per heavy atom. The molecule has 4 nitrogen and oxygen atoms in total. The molecular weight excluding hydrogens is 319 g/mol. The molecule has 0 bridgehead atoms. The molecule has 2 aromatic carbocycles. The van der Waals surface area contributed by atoms with Crippen molar-refractivity contribution in [2.24, 2.45) is 11.7 Å². The zero-order valence-electron chi connectivity index (χ0n) is 14.2. The first-order chi connectivity index (χ1) is 12.0. The summed E-state index contributed by atoms with van der Waals surface area (Å²) in [7, 11) is 0. The molecule has 2 unspecified atom stereocenters. The van der Waals surface area contributed by atoms with Gasteiger partial charge >= 0.3 is 0 Å². The summed E-state index contributed by atoms with van der Waals surface area (Å²) >= 11 is 0. The molecule has 0 saturated carbocycles. The van der Waals surface area contributed by atoms with E-state index in [9.17, 15) is 14.0 Å². The maximum Gasteiger partial charge on any atom is 0.227 e. The number of rotatable bonds is 8. The summed E-state index contributed by atoms with van der Waals surface area (Å²) in [5.41, 5.74) is 7.20. The minimum Gasteiger partial charge on any atom is -0.369 e. The molecule has 2 rings (SSSR count). The lowest BCUT2D eigenvalue weighted by molar-refractivity contribution is -0.124. The third-order valence-electron chi connectivity index (χ3n) is 4.25. The van der Waals surface area contributed by atoms with Gasteiger partial charge in [0.2, 0.25) is 11.8 Å². The Morgan fingerprint density at radius 1 is 1.08 bits per heavy atom. The fourth-order valence-electron chi connectivity index (χ4n) is 2.78. The second kappa shape index (κ2) is 8.97. The van der Waals surface area contributed by atoms with Gasteiger partial charge in [0.1, 0.15) is 5.82 Å². The molecular formula is C20H23FN2O2. The van der Waals surface area contributed by atoms with Crippen molar-refractivity contribution < 1.29 is 14.0 Å². The average Bonchev–Trinajstić information content (AvgIpc) is 2.61. The minimum atomic E-state index is -0.539. The highest BCUT2D eigenvalue weighted by molar-refractivity contribution is 5.84. The number of benzene rings is 2. The lowest BCUT2D eigenvalue weighted by Crippen LogP contribution is -2.39. The summed E-state index contributed by atoms with van der Waals surface area (Å²) in [6.07, 6.45) is 1.02. The number of hydrogen-bond acceptors (Lipinski definition) is 2. The molecule has 2 atom stereocenters. The Morgan fingerprint density at radius 3 is 2.28 bits per heavy atom. The fourth-order valence-corrected chi connectivity index (χ4v) is 2.78. The second-order valence-electron chi connectivity index (χ2n) is 6.05. The van der Waals surface area contributed by atoms with Crippen LogP contribution in [0, 0.1) is 11.7 Å². The van der Waals surface area contributed by atoms with Crippen molar-refractivity contribution in [3.63, 3.8) is 0 Å². The first-order valence-electron chi connectivity index (χ1n) is 8.37. The van der Waals surface area contributed by atoms with Crippen molar-refractivity contribution in [1.29, 1.82) is 0 Å². The molecule has 0 radical (unpaired) electrons. The van der Waals surface area contributed by atoms with Crippen molar-refractivity contribution in [3.8, 4) is 0 Å². The number of amides is 2. The van der Waals surface area contributed by atoms with E-state index in [0.717, 1.165) is 11.1 Å². The van der Waals surface area contributed by atoms with Crippen molar-refractivity contribution >= 4 is 11.8 Å². The van der Waals surface area contributed by atoms with Crippen LogP contribution < -0.4 is 11.1 Å². The van der Waals surface area contributed by atoms with Gasteiger partial charge in [0, 0.05) is 6.54 Å². The van der Waals surface area contributed by atoms with Crippen LogP contribution in [-0.2, 0) is 16.0 Å². The van der Waals surface area contributed by atoms with E-state index in [1.165, 1.54) is 12.1 Å². The van der Waals surface area contributed by atoms with Gasteiger partial charge in [0.25, 0.3) is 0 Å². The van der Waals surface area contributed by atoms with Crippen LogP contribution in [0.25, 0.3) is 0 Å². The van der Waals surface area contributed by atoms with E-state index in [1.54, 1.807) is 12.1 Å². The van der Waals surface area contributed by atoms with Gasteiger partial charge in [0.05, 0.1) is 11.8 Å². The lowest BCUT2D eigenvalue weighted by Gasteiger charge is -2.19. The summed E-state index contributed by atoms with van der Waals surface area (Å²) in [5.74, 6) is -1.75. The van der Waals surface area contributed by atoms with Crippen LogP contribution in [0.3, 0.4) is 0 Å². The Bertz CT molecular complexity index is 701. The molecule has 0 aliphatic carbocycles. The number of carbonyl (C=O) groups excluding carboxylic acids is 2. The summed E-state index contributed by atoms with van der Waals surface area (Å²) in [5, 5.41) is 2.83. The molecule has 0 aliphatic heterocycles. The molecule has 5 heteroatoms. The molecule has 0 aliphatic rings. The third-order valence-corrected chi connectivity index (χ3v) is 4.25. The molecule has 0 spiro atoms. The zero-order valence-corrected chi connectivity index (χ0v) is 14.2.